The van der Waals surface area contributed by atoms with Gasteiger partial charge in [-0.2, -0.15) is 0 Å². The first-order chi connectivity index (χ1) is 11.7. The normalized spacial score (nSPS) is 12.4. The van der Waals surface area contributed by atoms with E-state index >= 15 is 0 Å². The molecule has 0 aliphatic rings. The Morgan fingerprint density at radius 2 is 1.88 bits per heavy atom. The van der Waals surface area contributed by atoms with Gasteiger partial charge in [0.15, 0.2) is 9.84 Å². The lowest BCUT2D eigenvalue weighted by atomic mass is 10.2. The van der Waals surface area contributed by atoms with Crippen LogP contribution in [0.15, 0.2) is 53.4 Å². The zero-order chi connectivity index (χ0) is 18.6. The van der Waals surface area contributed by atoms with Crippen molar-refractivity contribution in [1.82, 2.24) is 5.32 Å². The van der Waals surface area contributed by atoms with Crippen LogP contribution in [-0.4, -0.2) is 24.5 Å². The Balaban J connectivity index is 2.10. The third-order valence-electron chi connectivity index (χ3n) is 3.57. The number of nitro groups is 1. The van der Waals surface area contributed by atoms with E-state index < -0.39 is 25.9 Å². The minimum atomic E-state index is -3.95. The molecule has 0 fully saturated rings. The number of carbonyl (C=O) groups is 1. The molecule has 1 atom stereocenters. The number of nitro benzene ring substituents is 1. The first-order valence-electron chi connectivity index (χ1n) is 7.22. The molecule has 0 aliphatic heterocycles. The van der Waals surface area contributed by atoms with E-state index in [9.17, 15) is 23.3 Å². The van der Waals surface area contributed by atoms with E-state index in [4.69, 9.17) is 11.6 Å². The van der Waals surface area contributed by atoms with E-state index in [1.807, 2.05) is 0 Å². The van der Waals surface area contributed by atoms with Crippen LogP contribution in [0.3, 0.4) is 0 Å². The molecular weight excluding hydrogens is 368 g/mol. The molecule has 7 nitrogen and oxygen atoms in total. The number of benzene rings is 2. The average Bonchev–Trinajstić information content (AvgIpc) is 2.59. The maximum absolute atomic E-state index is 12.5. The van der Waals surface area contributed by atoms with Crippen LogP contribution in [0.2, 0.25) is 5.02 Å². The van der Waals surface area contributed by atoms with Crippen molar-refractivity contribution in [2.45, 2.75) is 23.6 Å². The Kier molecular flexibility index (Phi) is 5.76. The molecule has 0 unspecified atom stereocenters. The standard InChI is InChI=1S/C16H15ClN2O5S/c1-11(16(20)18-10-12-3-2-4-13(17)9-12)25(23,24)15-7-5-14(6-8-15)19(21)22/h2-9,11H,10H2,1H3,(H,18,20)/t11-/m1/s1. The lowest BCUT2D eigenvalue weighted by Gasteiger charge is -2.13. The quantitative estimate of drug-likeness (QED) is 0.610. The molecule has 2 rings (SSSR count). The second-order valence-corrected chi connectivity index (χ2v) is 7.99. The van der Waals surface area contributed by atoms with Crippen LogP contribution in [0.1, 0.15) is 12.5 Å². The van der Waals surface area contributed by atoms with Gasteiger partial charge in [0.1, 0.15) is 5.25 Å². The Morgan fingerprint density at radius 3 is 2.44 bits per heavy atom. The Hall–Kier alpha value is -2.45. The first kappa shape index (κ1) is 18.9. The minimum Gasteiger partial charge on any atom is -0.351 e. The molecule has 132 valence electrons. The number of nitrogens with zero attached hydrogens (tertiary/aromatic N) is 1. The summed E-state index contributed by atoms with van der Waals surface area (Å²) in [4.78, 5) is 22.0. The number of hydrogen-bond donors (Lipinski definition) is 1. The van der Waals surface area contributed by atoms with Gasteiger partial charge < -0.3 is 5.32 Å². The Labute approximate surface area is 149 Å². The van der Waals surface area contributed by atoms with Gasteiger partial charge in [-0.25, -0.2) is 8.42 Å². The third kappa shape index (κ3) is 4.55. The van der Waals surface area contributed by atoms with Crippen LogP contribution in [0.25, 0.3) is 0 Å². The van der Waals surface area contributed by atoms with Crippen molar-refractivity contribution in [1.29, 1.82) is 0 Å². The van der Waals surface area contributed by atoms with Gasteiger partial charge in [0.25, 0.3) is 5.69 Å². The van der Waals surface area contributed by atoms with Crippen molar-refractivity contribution >= 4 is 33.0 Å². The smallest absolute Gasteiger partial charge is 0.269 e. The van der Waals surface area contributed by atoms with E-state index in [0.717, 1.165) is 29.8 Å². The van der Waals surface area contributed by atoms with Gasteiger partial charge in [0.2, 0.25) is 5.91 Å². The van der Waals surface area contributed by atoms with Gasteiger partial charge in [-0.1, -0.05) is 23.7 Å². The molecule has 1 amide bonds. The molecule has 9 heteroatoms. The van der Waals surface area contributed by atoms with Gasteiger partial charge in [-0.05, 0) is 36.8 Å². The maximum Gasteiger partial charge on any atom is 0.269 e. The zero-order valence-electron chi connectivity index (χ0n) is 13.2. The topological polar surface area (TPSA) is 106 Å². The first-order valence-corrected chi connectivity index (χ1v) is 9.15. The molecular formula is C16H15ClN2O5S. The van der Waals surface area contributed by atoms with Crippen molar-refractivity contribution in [2.75, 3.05) is 0 Å². The molecule has 0 aromatic heterocycles. The highest BCUT2D eigenvalue weighted by atomic mass is 35.5. The summed E-state index contributed by atoms with van der Waals surface area (Å²) in [6.07, 6.45) is 0. The minimum absolute atomic E-state index is 0.138. The van der Waals surface area contributed by atoms with Gasteiger partial charge in [0.05, 0.1) is 9.82 Å². The monoisotopic (exact) mass is 382 g/mol. The second kappa shape index (κ2) is 7.62. The van der Waals surface area contributed by atoms with Crippen LogP contribution in [0.4, 0.5) is 5.69 Å². The van der Waals surface area contributed by atoms with Crippen LogP contribution in [-0.2, 0) is 21.2 Å². The largest absolute Gasteiger partial charge is 0.351 e. The summed E-state index contributed by atoms with van der Waals surface area (Å²) in [5, 5.41) is 12.3. The Bertz CT molecular complexity index is 897. The van der Waals surface area contributed by atoms with Gasteiger partial charge in [-0.3, -0.25) is 14.9 Å². The van der Waals surface area contributed by atoms with E-state index in [1.165, 1.54) is 6.92 Å². The molecule has 0 bridgehead atoms. The van der Waals surface area contributed by atoms with E-state index in [1.54, 1.807) is 24.3 Å². The predicted octanol–water partition coefficient (Wildman–Crippen LogP) is 2.73. The van der Waals surface area contributed by atoms with Gasteiger partial charge in [-0.15, -0.1) is 0 Å². The highest BCUT2D eigenvalue weighted by molar-refractivity contribution is 7.92. The van der Waals surface area contributed by atoms with Crippen molar-refractivity contribution in [3.8, 4) is 0 Å². The van der Waals surface area contributed by atoms with Crippen molar-refractivity contribution in [3.63, 3.8) is 0 Å². The molecule has 2 aromatic rings. The number of rotatable bonds is 6. The summed E-state index contributed by atoms with van der Waals surface area (Å²) in [7, 11) is -3.95. The summed E-state index contributed by atoms with van der Waals surface area (Å²) in [6, 6.07) is 11.2. The fraction of sp³-hybridized carbons (Fsp3) is 0.188. The second-order valence-electron chi connectivity index (χ2n) is 5.29. The molecule has 0 spiro atoms. The van der Waals surface area contributed by atoms with E-state index in [2.05, 4.69) is 5.32 Å². The van der Waals surface area contributed by atoms with Crippen LogP contribution >= 0.6 is 11.6 Å². The predicted molar refractivity (Wildman–Crippen MR) is 93.0 cm³/mol. The fourth-order valence-electron chi connectivity index (χ4n) is 2.08. The molecule has 0 heterocycles. The molecule has 0 saturated heterocycles. The molecule has 1 N–H and O–H groups in total. The third-order valence-corrected chi connectivity index (χ3v) is 5.88. The number of halogens is 1. The van der Waals surface area contributed by atoms with E-state index in [-0.39, 0.29) is 17.1 Å². The summed E-state index contributed by atoms with van der Waals surface area (Å²) in [6.45, 7) is 1.41. The lowest BCUT2D eigenvalue weighted by Crippen LogP contribution is -2.37. The highest BCUT2D eigenvalue weighted by Crippen LogP contribution is 2.20. The fourth-order valence-corrected chi connectivity index (χ4v) is 3.58. The van der Waals surface area contributed by atoms with Gasteiger partial charge in [0, 0.05) is 23.7 Å². The number of sulfone groups is 1. The molecule has 0 radical (unpaired) electrons. The molecule has 2 aromatic carbocycles. The van der Waals surface area contributed by atoms with Crippen molar-refractivity contribution in [3.05, 3.63) is 69.2 Å². The van der Waals surface area contributed by atoms with E-state index in [0.29, 0.717) is 5.02 Å². The number of non-ortho nitro benzene ring substituents is 1. The van der Waals surface area contributed by atoms with Crippen LogP contribution in [0.5, 0.6) is 0 Å². The summed E-state index contributed by atoms with van der Waals surface area (Å²) < 4.78 is 24.9. The van der Waals surface area contributed by atoms with Gasteiger partial charge >= 0.3 is 0 Å². The summed E-state index contributed by atoms with van der Waals surface area (Å²) >= 11 is 5.85. The highest BCUT2D eigenvalue weighted by Gasteiger charge is 2.30. The maximum atomic E-state index is 12.5. The SMILES string of the molecule is C[C@H](C(=O)NCc1cccc(Cl)c1)S(=O)(=O)c1ccc([N+](=O)[O-])cc1. The number of amides is 1. The van der Waals surface area contributed by atoms with Crippen LogP contribution < -0.4 is 5.32 Å². The summed E-state index contributed by atoms with van der Waals surface area (Å²) in [5.41, 5.74) is 0.512. The molecule has 0 saturated carbocycles. The zero-order valence-corrected chi connectivity index (χ0v) is 14.8. The average molecular weight is 383 g/mol. The van der Waals surface area contributed by atoms with Crippen molar-refractivity contribution in [2.24, 2.45) is 0 Å². The van der Waals surface area contributed by atoms with Crippen molar-refractivity contribution < 1.29 is 18.1 Å². The lowest BCUT2D eigenvalue weighted by molar-refractivity contribution is -0.384. The number of carbonyl (C=O) groups excluding carboxylic acids is 1. The number of hydrogen-bond acceptors (Lipinski definition) is 5. The Morgan fingerprint density at radius 1 is 1.24 bits per heavy atom. The molecule has 25 heavy (non-hydrogen) atoms. The summed E-state index contributed by atoms with van der Waals surface area (Å²) in [5.74, 6) is -0.668. The van der Waals surface area contributed by atoms with Crippen LogP contribution in [0, 0.1) is 10.1 Å². The number of nitrogens with one attached hydrogen (secondary N) is 1. The molecule has 0 aliphatic carbocycles.